The van der Waals surface area contributed by atoms with Crippen molar-refractivity contribution in [1.29, 1.82) is 0 Å². The van der Waals surface area contributed by atoms with Crippen LogP contribution in [0.25, 0.3) is 0 Å². The Hall–Kier alpha value is -4.99. The highest BCUT2D eigenvalue weighted by atomic mass is 19.4. The predicted molar refractivity (Wildman–Crippen MR) is 263 cm³/mol. The molecule has 2 aromatic carbocycles. The molecule has 8 rings (SSSR count). The van der Waals surface area contributed by atoms with Gasteiger partial charge in [-0.15, -0.1) is 0 Å². The average molecular weight is 1020 g/mol. The van der Waals surface area contributed by atoms with Gasteiger partial charge in [0.2, 0.25) is 6.10 Å². The van der Waals surface area contributed by atoms with E-state index in [0.29, 0.717) is 36.2 Å². The topological polar surface area (TPSA) is 167 Å². The van der Waals surface area contributed by atoms with Gasteiger partial charge in [-0.05, 0) is 73.8 Å². The zero-order valence-electron chi connectivity index (χ0n) is 45.2. The summed E-state index contributed by atoms with van der Waals surface area (Å²) in [4.78, 5) is 65.6. The lowest BCUT2D eigenvalue weighted by molar-refractivity contribution is -0.274. The van der Waals surface area contributed by atoms with E-state index in [0.717, 1.165) is 18.4 Å². The van der Waals surface area contributed by atoms with Crippen LogP contribution >= 0.6 is 0 Å². The van der Waals surface area contributed by atoms with Crippen LogP contribution in [0.3, 0.4) is 0 Å². The van der Waals surface area contributed by atoms with Crippen molar-refractivity contribution in [2.45, 2.75) is 159 Å². The summed E-state index contributed by atoms with van der Waals surface area (Å²) in [6.07, 6.45) is -4.27. The lowest BCUT2D eigenvalue weighted by Crippen LogP contribution is -2.55. The van der Waals surface area contributed by atoms with Crippen LogP contribution in [0.5, 0.6) is 0 Å². The Labute approximate surface area is 425 Å². The highest BCUT2D eigenvalue weighted by Crippen LogP contribution is 2.42. The van der Waals surface area contributed by atoms with E-state index in [1.807, 2.05) is 97.0 Å². The van der Waals surface area contributed by atoms with Gasteiger partial charge >= 0.3 is 42.0 Å². The van der Waals surface area contributed by atoms with Gasteiger partial charge in [0.05, 0.1) is 30.3 Å². The molecule has 404 valence electrons. The first kappa shape index (κ1) is 61.3. The average Bonchev–Trinajstić information content (AvgIpc) is 3.23. The fourth-order valence-electron chi connectivity index (χ4n) is 9.52. The third-order valence-corrected chi connectivity index (χ3v) is 13.4. The van der Waals surface area contributed by atoms with E-state index in [2.05, 4.69) is 58.4 Å². The van der Waals surface area contributed by atoms with E-state index in [1.165, 1.54) is 5.56 Å². The molecule has 0 spiro atoms. The second kappa shape index (κ2) is 26.8. The molecule has 0 radical (unpaired) electrons. The van der Waals surface area contributed by atoms with Crippen molar-refractivity contribution in [3.63, 3.8) is 0 Å². The fourth-order valence-corrected chi connectivity index (χ4v) is 9.52. The van der Waals surface area contributed by atoms with Crippen molar-refractivity contribution in [2.24, 2.45) is 71.0 Å². The highest BCUT2D eigenvalue weighted by molar-refractivity contribution is 5.81. The zero-order chi connectivity index (χ0) is 54.6. The lowest BCUT2D eigenvalue weighted by atomic mass is 9.77. The molecule has 16 heteroatoms. The first-order valence-corrected chi connectivity index (χ1v) is 25.3. The summed E-state index contributed by atoms with van der Waals surface area (Å²) in [5.74, 6) is 0.234. The summed E-state index contributed by atoms with van der Waals surface area (Å²) >= 11 is 0. The molecule has 0 unspecified atom stereocenters. The van der Waals surface area contributed by atoms with Crippen LogP contribution in [0.1, 0.15) is 128 Å². The Morgan fingerprint density at radius 3 is 1.33 bits per heavy atom. The van der Waals surface area contributed by atoms with Crippen molar-refractivity contribution in [3.05, 3.63) is 71.8 Å². The Bertz CT molecular complexity index is 2070. The molecular weight excluding hydrogens is 938 g/mol. The third-order valence-electron chi connectivity index (χ3n) is 13.4. The summed E-state index contributed by atoms with van der Waals surface area (Å²) in [5, 5.41) is 0. The zero-order valence-corrected chi connectivity index (χ0v) is 45.2. The number of carbonyl (C=O) groups is 6. The molecule has 6 heterocycles. The van der Waals surface area contributed by atoms with Crippen LogP contribution < -0.4 is 0 Å². The van der Waals surface area contributed by atoms with E-state index < -0.39 is 24.2 Å². The van der Waals surface area contributed by atoms with Gasteiger partial charge < -0.3 is 33.2 Å². The van der Waals surface area contributed by atoms with Gasteiger partial charge in [0.15, 0.2) is 0 Å². The van der Waals surface area contributed by atoms with Crippen LogP contribution in [0.15, 0.2) is 60.7 Å². The number of methoxy groups -OCH3 is 1. The molecule has 11 atom stereocenters. The normalized spacial score (nSPS) is 28.3. The smallest absolute Gasteiger partial charge is 0.426 e. The number of rotatable bonds is 12. The maximum Gasteiger partial charge on any atom is 0.426 e. The highest BCUT2D eigenvalue weighted by Gasteiger charge is 2.59. The number of ether oxygens (including phenoxy) is 7. The molecule has 72 heavy (non-hydrogen) atoms. The van der Waals surface area contributed by atoms with Gasteiger partial charge in [0.25, 0.3) is 0 Å². The Balaban J connectivity index is 0.000000230. The minimum atomic E-state index is -4.41. The molecule has 2 aromatic rings. The molecular formula is C56H81F3O13. The SMILES string of the molecule is CC(C)C[C@@H]1C(=O)O[C@@H]1C.CC(C)[C@@H]1C(=O)OC1(C)C.CC(C)[C@@H]1C(=O)O[C@@H]1C(F)(F)F.CC(C)[C@@H]1C(=O)O[C@@H]1Cc1ccccc1.CC(C)[C@@H]1C(=O)O[C@@H]1c1ccccc1.COC[C@H]1OC(=O)[C@H]1C(C)C. The van der Waals surface area contributed by atoms with Gasteiger partial charge in [-0.2, -0.15) is 13.2 Å². The van der Waals surface area contributed by atoms with Crippen molar-refractivity contribution in [1.82, 2.24) is 0 Å². The molecule has 13 nitrogen and oxygen atoms in total. The minimum Gasteiger partial charge on any atom is -0.461 e. The van der Waals surface area contributed by atoms with E-state index in [1.54, 1.807) is 21.0 Å². The molecule has 0 saturated carbocycles. The van der Waals surface area contributed by atoms with Crippen LogP contribution in [0.2, 0.25) is 0 Å². The molecule has 0 aliphatic carbocycles. The molecule has 0 aromatic heterocycles. The van der Waals surface area contributed by atoms with Crippen LogP contribution in [0.4, 0.5) is 13.2 Å². The van der Waals surface area contributed by atoms with Gasteiger partial charge in [0, 0.05) is 13.5 Å². The quantitative estimate of drug-likeness (QED) is 0.146. The predicted octanol–water partition coefficient (Wildman–Crippen LogP) is 10.7. The maximum absolute atomic E-state index is 12.0. The van der Waals surface area contributed by atoms with Crippen LogP contribution in [0, 0.1) is 71.0 Å². The fraction of sp³-hybridized carbons (Fsp3) is 0.679. The van der Waals surface area contributed by atoms with E-state index >= 15 is 0 Å². The number of halogens is 3. The summed E-state index contributed by atoms with van der Waals surface area (Å²) in [6, 6.07) is 20.1. The summed E-state index contributed by atoms with van der Waals surface area (Å²) in [5.41, 5.74) is 2.12. The first-order chi connectivity index (χ1) is 33.4. The molecule has 6 saturated heterocycles. The van der Waals surface area contributed by atoms with Gasteiger partial charge in [-0.25, -0.2) is 0 Å². The first-order valence-electron chi connectivity index (χ1n) is 25.3. The third kappa shape index (κ3) is 16.5. The molecule has 0 N–H and O–H groups in total. The van der Waals surface area contributed by atoms with Gasteiger partial charge in [-0.3, -0.25) is 28.8 Å². The summed E-state index contributed by atoms with van der Waals surface area (Å²) in [7, 11) is 1.61. The van der Waals surface area contributed by atoms with Crippen molar-refractivity contribution in [2.75, 3.05) is 13.7 Å². The van der Waals surface area contributed by atoms with E-state index in [-0.39, 0.29) is 95.4 Å². The minimum absolute atomic E-state index is 0.00694. The number of alkyl halides is 3. The van der Waals surface area contributed by atoms with E-state index in [4.69, 9.17) is 28.4 Å². The number of hydrogen-bond donors (Lipinski definition) is 0. The number of hydrogen-bond acceptors (Lipinski definition) is 13. The Kier molecular flexibility index (Phi) is 22.8. The Morgan fingerprint density at radius 1 is 0.556 bits per heavy atom. The summed E-state index contributed by atoms with van der Waals surface area (Å²) in [6.45, 7) is 30.2. The lowest BCUT2D eigenvalue weighted by Gasteiger charge is -2.44. The standard InChI is InChI=1S/C13H16O2.C12H14O2.C8H14O3.2C8H14O2.C7H9F3O2/c1-9(2)12-11(15-13(12)14)8-10-6-4-3-5-7-10;1-8(2)10-11(14-12(10)13)9-6-4-3-5-7-9;1-5(2)7-6(4-10-3)11-8(7)9;1-5(2)6-7(9)10-8(6,3)4;1-5(2)4-7-6(3)10-8(7)9;1-3(2)4-5(7(8,9)10)12-6(4)11/h3-7,9,11-12H,8H2,1-2H3;3-8,10-11H,1-2H3;5-7H,4H2,1-3H3;5-6H,1-4H3;5-7H,4H2,1-3H3;3-5H,1-2H3/t11-,12+;10-,11+;6-,7+;6-;6-,7+;4-,5-/m101110/s1. The van der Waals surface area contributed by atoms with Crippen LogP contribution in [-0.2, 0) is 68.3 Å². The van der Waals surface area contributed by atoms with Crippen molar-refractivity contribution < 1.29 is 75.1 Å². The molecule has 6 aliphatic rings. The van der Waals surface area contributed by atoms with Crippen molar-refractivity contribution >= 4 is 35.8 Å². The molecule has 6 aliphatic heterocycles. The van der Waals surface area contributed by atoms with Crippen molar-refractivity contribution in [3.8, 4) is 0 Å². The second-order valence-corrected chi connectivity index (χ2v) is 22.0. The number of carbonyl (C=O) groups excluding carboxylic acids is 6. The van der Waals surface area contributed by atoms with Gasteiger partial charge in [-0.1, -0.05) is 144 Å². The summed E-state index contributed by atoms with van der Waals surface area (Å²) < 4.78 is 69.9. The number of cyclic esters (lactones) is 6. The van der Waals surface area contributed by atoms with Crippen LogP contribution in [-0.4, -0.2) is 85.7 Å². The largest absolute Gasteiger partial charge is 0.461 e. The maximum atomic E-state index is 12.0. The molecule has 0 bridgehead atoms. The van der Waals surface area contributed by atoms with Gasteiger partial charge in [0.1, 0.15) is 41.9 Å². The monoisotopic (exact) mass is 1020 g/mol. The molecule has 0 amide bonds. The van der Waals surface area contributed by atoms with E-state index in [9.17, 15) is 41.9 Å². The number of benzene rings is 2. The number of esters is 6. The second-order valence-electron chi connectivity index (χ2n) is 22.0. The molecule has 6 fully saturated rings. The Morgan fingerprint density at radius 2 is 1.01 bits per heavy atom.